The molecular weight excluding hydrogens is 909 g/mol. The van der Waals surface area contributed by atoms with Crippen molar-refractivity contribution in [2.75, 3.05) is 85.5 Å². The molecule has 4 aliphatic rings. The number of carbonyl (C=O) groups excluding carboxylic acids is 4. The summed E-state index contributed by atoms with van der Waals surface area (Å²) in [5.74, 6) is 0.298. The van der Waals surface area contributed by atoms with E-state index in [1.165, 1.54) is 0 Å². The van der Waals surface area contributed by atoms with Crippen LogP contribution in [0.4, 0.5) is 22.9 Å². The maximum atomic E-state index is 13.6. The number of hydrogen-bond acceptors (Lipinski definition) is 13. The molecule has 4 aromatic heterocycles. The van der Waals surface area contributed by atoms with Crippen molar-refractivity contribution in [3.05, 3.63) is 127 Å². The fourth-order valence-electron chi connectivity index (χ4n) is 10.2. The highest BCUT2D eigenvalue weighted by Crippen LogP contribution is 2.35. The number of allylic oxidation sites excluding steroid dienone is 1. The molecule has 1 unspecified atom stereocenters. The van der Waals surface area contributed by atoms with E-state index in [1.54, 1.807) is 16.9 Å². The Morgan fingerprint density at radius 3 is 2.06 bits per heavy atom. The zero-order valence-electron chi connectivity index (χ0n) is 40.5. The Kier molecular flexibility index (Phi) is 13.4. The number of rotatable bonds is 12. The Morgan fingerprint density at radius 1 is 0.778 bits per heavy atom. The van der Waals surface area contributed by atoms with Crippen LogP contribution >= 0.6 is 0 Å². The van der Waals surface area contributed by atoms with Crippen LogP contribution < -0.4 is 25.3 Å². The van der Waals surface area contributed by atoms with Crippen molar-refractivity contribution in [3.63, 3.8) is 0 Å². The van der Waals surface area contributed by atoms with Gasteiger partial charge >= 0.3 is 0 Å². The number of amides is 4. The molecule has 3 N–H and O–H groups in total. The van der Waals surface area contributed by atoms with E-state index in [9.17, 15) is 29.5 Å². The lowest BCUT2D eigenvalue weighted by molar-refractivity contribution is -0.138. The highest BCUT2D eigenvalue weighted by molar-refractivity contribution is 6.01. The second kappa shape index (κ2) is 20.3. The quantitative estimate of drug-likeness (QED) is 0.130. The molecule has 0 spiro atoms. The Hall–Kier alpha value is -8.10. The zero-order valence-corrected chi connectivity index (χ0v) is 40.5. The van der Waals surface area contributed by atoms with Crippen LogP contribution in [0.1, 0.15) is 55.8 Å². The van der Waals surface area contributed by atoms with E-state index >= 15 is 0 Å². The van der Waals surface area contributed by atoms with Crippen LogP contribution in [-0.4, -0.2) is 135 Å². The highest BCUT2D eigenvalue weighted by atomic mass is 16.3. The second-order valence-corrected chi connectivity index (χ2v) is 19.4. The van der Waals surface area contributed by atoms with Crippen LogP contribution in [0, 0.1) is 11.3 Å². The molecule has 4 fully saturated rings. The van der Waals surface area contributed by atoms with Crippen molar-refractivity contribution in [1.82, 2.24) is 34.7 Å². The molecule has 8 heterocycles. The Labute approximate surface area is 418 Å². The average Bonchev–Trinajstić information content (AvgIpc) is 3.83. The number of anilines is 4. The van der Waals surface area contributed by atoms with Gasteiger partial charge in [-0.1, -0.05) is 24.8 Å². The summed E-state index contributed by atoms with van der Waals surface area (Å²) in [6.07, 6.45) is 9.21. The van der Waals surface area contributed by atoms with E-state index < -0.39 is 11.6 Å². The summed E-state index contributed by atoms with van der Waals surface area (Å²) in [4.78, 5) is 70.1. The molecule has 17 nitrogen and oxygen atoms in total. The predicted octanol–water partition coefficient (Wildman–Crippen LogP) is 5.54. The van der Waals surface area contributed by atoms with Gasteiger partial charge in [-0.15, -0.1) is 0 Å². The standard InChI is InChI=1S/C55H58N12O5/c1-37(2)39-3-7-44(57-33-39)30-51(69)65-27-23-64(24-28-65)49-15-6-40(34-58-49)47-29-41(36-67-53(47)42(32-56)35-59-67)38-4-10-45(11-5-38)63-21-25-66(26-22-63)52(70)31-55(72)17-19-62(20-18-55)46-12-8-43(9-13-46)60-48-14-16-50(68)61-54(48)71/h3-13,15,29,33-36,48,60,72H,1,14,16-28,30-31H2,2H3,(H,61,68,71). The molecule has 17 heteroatoms. The van der Waals surface area contributed by atoms with Crippen molar-refractivity contribution in [2.45, 2.75) is 57.1 Å². The number of carbonyl (C=O) groups is 4. The normalized spacial score (nSPS) is 18.2. The van der Waals surface area contributed by atoms with Crippen LogP contribution in [-0.2, 0) is 25.6 Å². The van der Waals surface area contributed by atoms with Crippen LogP contribution in [0.15, 0.2) is 110 Å². The molecule has 0 saturated carbocycles. The minimum atomic E-state index is -1.07. The number of imide groups is 1. The summed E-state index contributed by atoms with van der Waals surface area (Å²) in [6.45, 7) is 12.1. The predicted molar refractivity (Wildman–Crippen MR) is 276 cm³/mol. The minimum absolute atomic E-state index is 0.0268. The fraction of sp³-hybridized carbons (Fsp3) is 0.345. The molecule has 4 aliphatic heterocycles. The van der Waals surface area contributed by atoms with E-state index in [0.717, 1.165) is 62.0 Å². The van der Waals surface area contributed by atoms with Crippen LogP contribution in [0.2, 0.25) is 0 Å². The van der Waals surface area contributed by atoms with Gasteiger partial charge in [-0.25, -0.2) is 9.50 Å². The van der Waals surface area contributed by atoms with Gasteiger partial charge in [-0.05, 0) is 104 Å². The van der Waals surface area contributed by atoms with E-state index in [4.69, 9.17) is 4.98 Å². The third-order valence-corrected chi connectivity index (χ3v) is 14.6. The maximum Gasteiger partial charge on any atom is 0.249 e. The molecule has 2 aromatic carbocycles. The van der Waals surface area contributed by atoms with Gasteiger partial charge in [0, 0.05) is 130 Å². The summed E-state index contributed by atoms with van der Waals surface area (Å²) in [5.41, 5.74) is 9.23. The molecule has 4 amide bonds. The number of nitrogens with one attached hydrogen (secondary N) is 2. The number of aromatic nitrogens is 4. The molecule has 10 rings (SSSR count). The van der Waals surface area contributed by atoms with E-state index in [2.05, 4.69) is 78.4 Å². The van der Waals surface area contributed by atoms with Gasteiger partial charge in [0.1, 0.15) is 17.9 Å². The number of nitriles is 1. The van der Waals surface area contributed by atoms with Crippen LogP contribution in [0.25, 0.3) is 33.3 Å². The summed E-state index contributed by atoms with van der Waals surface area (Å²) in [7, 11) is 0. The molecule has 0 radical (unpaired) electrons. The lowest BCUT2D eigenvalue weighted by Crippen LogP contribution is -2.52. The number of benzene rings is 2. The van der Waals surface area contributed by atoms with E-state index in [0.29, 0.717) is 102 Å². The Balaban J connectivity index is 0.718. The van der Waals surface area contributed by atoms with Crippen molar-refractivity contribution >= 4 is 57.6 Å². The Bertz CT molecular complexity index is 3030. The van der Waals surface area contributed by atoms with Crippen LogP contribution in [0.5, 0.6) is 0 Å². The number of aliphatic hydroxyl groups is 1. The lowest BCUT2D eigenvalue weighted by Gasteiger charge is -2.41. The monoisotopic (exact) mass is 966 g/mol. The van der Waals surface area contributed by atoms with E-state index in [1.807, 2.05) is 77.6 Å². The minimum Gasteiger partial charge on any atom is -0.389 e. The summed E-state index contributed by atoms with van der Waals surface area (Å²) >= 11 is 0. The first-order chi connectivity index (χ1) is 34.9. The van der Waals surface area contributed by atoms with Crippen molar-refractivity contribution < 1.29 is 24.3 Å². The van der Waals surface area contributed by atoms with Gasteiger partial charge in [0.05, 0.1) is 35.7 Å². The lowest BCUT2D eigenvalue weighted by atomic mass is 9.87. The smallest absolute Gasteiger partial charge is 0.249 e. The first-order valence-corrected chi connectivity index (χ1v) is 24.7. The molecule has 1 atom stereocenters. The third-order valence-electron chi connectivity index (χ3n) is 14.6. The topological polar surface area (TPSA) is 196 Å². The van der Waals surface area contributed by atoms with Gasteiger partial charge in [0.2, 0.25) is 23.6 Å². The van der Waals surface area contributed by atoms with Gasteiger partial charge in [0.15, 0.2) is 0 Å². The molecule has 0 aliphatic carbocycles. The number of nitrogens with zero attached hydrogens (tertiary/aromatic N) is 10. The molecule has 4 saturated heterocycles. The third kappa shape index (κ3) is 10.4. The van der Waals surface area contributed by atoms with Gasteiger partial charge in [-0.2, -0.15) is 10.4 Å². The summed E-state index contributed by atoms with van der Waals surface area (Å²) in [5, 5.41) is 31.7. The number of hydrogen-bond donors (Lipinski definition) is 3. The largest absolute Gasteiger partial charge is 0.389 e. The summed E-state index contributed by atoms with van der Waals surface area (Å²) in [6, 6.07) is 28.0. The molecule has 368 valence electrons. The number of fused-ring (bicyclic) bond motifs is 1. The zero-order chi connectivity index (χ0) is 49.9. The van der Waals surface area contributed by atoms with Crippen molar-refractivity contribution in [2.24, 2.45) is 0 Å². The number of piperazine rings is 2. The van der Waals surface area contributed by atoms with E-state index in [-0.39, 0.29) is 36.5 Å². The second-order valence-electron chi connectivity index (χ2n) is 19.4. The van der Waals surface area contributed by atoms with Gasteiger partial charge < -0.3 is 34.9 Å². The number of pyridine rings is 3. The van der Waals surface area contributed by atoms with Crippen molar-refractivity contribution in [3.8, 4) is 28.3 Å². The van der Waals surface area contributed by atoms with Crippen LogP contribution in [0.3, 0.4) is 0 Å². The molecule has 72 heavy (non-hydrogen) atoms. The average molecular weight is 967 g/mol. The summed E-state index contributed by atoms with van der Waals surface area (Å²) < 4.78 is 1.76. The maximum absolute atomic E-state index is 13.6. The van der Waals surface area contributed by atoms with Crippen molar-refractivity contribution in [1.29, 1.82) is 5.26 Å². The fourth-order valence-corrected chi connectivity index (χ4v) is 10.2. The highest BCUT2D eigenvalue weighted by Gasteiger charge is 2.37. The van der Waals surface area contributed by atoms with Gasteiger partial charge in [0.25, 0.3) is 0 Å². The molecule has 6 aromatic rings. The molecule has 0 bridgehead atoms. The molecular formula is C55H58N12O5. The van der Waals surface area contributed by atoms with Gasteiger partial charge in [-0.3, -0.25) is 29.5 Å². The first-order valence-electron chi connectivity index (χ1n) is 24.7. The number of piperidine rings is 2. The Morgan fingerprint density at radius 2 is 1.43 bits per heavy atom. The first kappa shape index (κ1) is 47.6. The SMILES string of the molecule is C=C(C)c1ccc(CC(=O)N2CCN(c3ccc(-c4cc(-c5ccc(N6CCN(C(=O)CC7(O)CCN(c8ccc(NC9CCC(=O)NC9=O)cc8)CC7)CC6)cc5)cn5ncc(C#N)c45)cn3)CC2)nc1.